The maximum atomic E-state index is 12.4. The number of nitrogens with one attached hydrogen (secondary N) is 1. The van der Waals surface area contributed by atoms with Crippen LogP contribution in [-0.4, -0.2) is 20.4 Å². The summed E-state index contributed by atoms with van der Waals surface area (Å²) in [7, 11) is 0. The molecule has 2 aromatic carbocycles. The predicted octanol–water partition coefficient (Wildman–Crippen LogP) is 4.62. The van der Waals surface area contributed by atoms with E-state index in [1.165, 1.54) is 5.56 Å². The molecule has 0 aliphatic carbocycles. The Kier molecular flexibility index (Phi) is 4.84. The number of hydrogen-bond acceptors (Lipinski definition) is 4. The highest BCUT2D eigenvalue weighted by molar-refractivity contribution is 6.04. The van der Waals surface area contributed by atoms with Crippen LogP contribution in [0.3, 0.4) is 0 Å². The molecule has 0 unspecified atom stereocenters. The molecule has 4 rings (SSSR count). The lowest BCUT2D eigenvalue weighted by Gasteiger charge is -2.09. The Bertz CT molecular complexity index is 1060. The smallest absolute Gasteiger partial charge is 0.257 e. The molecule has 4 aromatic rings. The van der Waals surface area contributed by atoms with Crippen molar-refractivity contribution in [2.75, 3.05) is 5.32 Å². The van der Waals surface area contributed by atoms with Crippen LogP contribution in [0.2, 0.25) is 0 Å². The number of aryl methyl sites for hydroxylation is 1. The minimum atomic E-state index is -0.225. The van der Waals surface area contributed by atoms with Crippen molar-refractivity contribution >= 4 is 11.6 Å². The van der Waals surface area contributed by atoms with Crippen molar-refractivity contribution in [1.82, 2.24) is 14.5 Å². The number of imidazole rings is 1. The van der Waals surface area contributed by atoms with Crippen molar-refractivity contribution in [3.05, 3.63) is 96.7 Å². The fourth-order valence-corrected chi connectivity index (χ4v) is 2.62. The number of carbonyl (C=O) groups is 1. The third-order valence-electron chi connectivity index (χ3n) is 4.15. The second-order valence-electron chi connectivity index (χ2n) is 6.27. The maximum Gasteiger partial charge on any atom is 0.257 e. The molecule has 0 spiro atoms. The summed E-state index contributed by atoms with van der Waals surface area (Å²) >= 11 is 0. The Morgan fingerprint density at radius 2 is 1.68 bits per heavy atom. The molecule has 28 heavy (non-hydrogen) atoms. The van der Waals surface area contributed by atoms with E-state index in [0.717, 1.165) is 5.75 Å². The molecule has 0 atom stereocenters. The summed E-state index contributed by atoms with van der Waals surface area (Å²) in [4.78, 5) is 20.7. The zero-order chi connectivity index (χ0) is 19.3. The second kappa shape index (κ2) is 7.75. The first-order valence-electron chi connectivity index (χ1n) is 8.78. The summed E-state index contributed by atoms with van der Waals surface area (Å²) in [6.07, 6.45) is 6.67. The van der Waals surface area contributed by atoms with Gasteiger partial charge in [-0.25, -0.2) is 9.97 Å². The highest BCUT2D eigenvalue weighted by Gasteiger charge is 2.08. The van der Waals surface area contributed by atoms with Gasteiger partial charge >= 0.3 is 0 Å². The predicted molar refractivity (Wildman–Crippen MR) is 107 cm³/mol. The van der Waals surface area contributed by atoms with Gasteiger partial charge in [0.05, 0.1) is 5.56 Å². The van der Waals surface area contributed by atoms with Crippen LogP contribution in [0.5, 0.6) is 11.5 Å². The van der Waals surface area contributed by atoms with Crippen molar-refractivity contribution < 1.29 is 9.53 Å². The standard InChI is InChI=1S/C22H18N4O2/c1-16-2-7-19(8-3-16)28-20-9-5-18(6-10-20)25-22(27)17-4-11-21(24-14-17)26-13-12-23-15-26/h2-15H,1H3,(H,25,27). The van der Waals surface area contributed by atoms with Gasteiger partial charge in [0.15, 0.2) is 0 Å². The summed E-state index contributed by atoms with van der Waals surface area (Å²) in [5, 5.41) is 2.86. The van der Waals surface area contributed by atoms with Gasteiger partial charge in [-0.1, -0.05) is 17.7 Å². The largest absolute Gasteiger partial charge is 0.457 e. The van der Waals surface area contributed by atoms with Gasteiger partial charge in [-0.2, -0.15) is 0 Å². The lowest BCUT2D eigenvalue weighted by atomic mass is 10.2. The molecule has 2 aromatic heterocycles. The number of carbonyl (C=O) groups excluding carboxylic acids is 1. The number of anilines is 1. The molecule has 0 bridgehead atoms. The molecule has 1 amide bonds. The van der Waals surface area contributed by atoms with Gasteiger partial charge in [-0.05, 0) is 55.5 Å². The van der Waals surface area contributed by atoms with E-state index in [-0.39, 0.29) is 5.91 Å². The summed E-state index contributed by atoms with van der Waals surface area (Å²) in [6.45, 7) is 2.03. The highest BCUT2D eigenvalue weighted by atomic mass is 16.5. The van der Waals surface area contributed by atoms with Crippen molar-refractivity contribution in [3.63, 3.8) is 0 Å². The minimum Gasteiger partial charge on any atom is -0.457 e. The molecule has 0 aliphatic heterocycles. The summed E-state index contributed by atoms with van der Waals surface area (Å²) in [5.74, 6) is 1.95. The average Bonchev–Trinajstić information content (AvgIpc) is 3.26. The van der Waals surface area contributed by atoms with Crippen LogP contribution in [0, 0.1) is 6.92 Å². The van der Waals surface area contributed by atoms with E-state index in [2.05, 4.69) is 15.3 Å². The quantitative estimate of drug-likeness (QED) is 0.556. The lowest BCUT2D eigenvalue weighted by molar-refractivity contribution is 0.102. The van der Waals surface area contributed by atoms with Gasteiger partial charge in [-0.3, -0.25) is 9.36 Å². The van der Waals surface area contributed by atoms with Gasteiger partial charge in [0.1, 0.15) is 23.6 Å². The van der Waals surface area contributed by atoms with Crippen LogP contribution in [0.15, 0.2) is 85.6 Å². The van der Waals surface area contributed by atoms with Crippen molar-refractivity contribution in [3.8, 4) is 17.3 Å². The Labute approximate surface area is 162 Å². The third-order valence-corrected chi connectivity index (χ3v) is 4.15. The second-order valence-corrected chi connectivity index (χ2v) is 6.27. The summed E-state index contributed by atoms with van der Waals surface area (Å²) in [5.41, 5.74) is 2.33. The molecule has 0 saturated carbocycles. The van der Waals surface area contributed by atoms with Gasteiger partial charge in [0.25, 0.3) is 5.91 Å². The van der Waals surface area contributed by atoms with Crippen LogP contribution in [0.4, 0.5) is 5.69 Å². The Morgan fingerprint density at radius 3 is 2.29 bits per heavy atom. The van der Waals surface area contributed by atoms with Gasteiger partial charge < -0.3 is 10.1 Å². The van der Waals surface area contributed by atoms with E-state index >= 15 is 0 Å². The molecule has 2 heterocycles. The molecular weight excluding hydrogens is 352 g/mol. The van der Waals surface area contributed by atoms with Gasteiger partial charge in [0, 0.05) is 24.3 Å². The van der Waals surface area contributed by atoms with E-state index < -0.39 is 0 Å². The first-order valence-corrected chi connectivity index (χ1v) is 8.78. The minimum absolute atomic E-state index is 0.225. The zero-order valence-corrected chi connectivity index (χ0v) is 15.2. The summed E-state index contributed by atoms with van der Waals surface area (Å²) < 4.78 is 7.57. The lowest BCUT2D eigenvalue weighted by Crippen LogP contribution is -2.12. The fourth-order valence-electron chi connectivity index (χ4n) is 2.62. The number of aromatic nitrogens is 3. The molecule has 138 valence electrons. The number of benzene rings is 2. The van der Waals surface area contributed by atoms with Crippen LogP contribution in [-0.2, 0) is 0 Å². The maximum absolute atomic E-state index is 12.4. The molecule has 0 radical (unpaired) electrons. The van der Waals surface area contributed by atoms with E-state index in [0.29, 0.717) is 22.8 Å². The van der Waals surface area contributed by atoms with Gasteiger partial charge in [-0.15, -0.1) is 0 Å². The topological polar surface area (TPSA) is 69.0 Å². The monoisotopic (exact) mass is 370 g/mol. The van der Waals surface area contributed by atoms with Crippen LogP contribution < -0.4 is 10.1 Å². The first kappa shape index (κ1) is 17.5. The molecule has 0 saturated heterocycles. The summed E-state index contributed by atoms with van der Waals surface area (Å²) in [6, 6.07) is 18.6. The zero-order valence-electron chi connectivity index (χ0n) is 15.2. The number of nitrogens with zero attached hydrogens (tertiary/aromatic N) is 3. The number of amides is 1. The Balaban J connectivity index is 1.39. The van der Waals surface area contributed by atoms with Crippen molar-refractivity contribution in [1.29, 1.82) is 0 Å². The molecular formula is C22H18N4O2. The molecule has 6 heteroatoms. The molecule has 0 aliphatic rings. The Morgan fingerprint density at radius 1 is 0.964 bits per heavy atom. The number of hydrogen-bond donors (Lipinski definition) is 1. The van der Waals surface area contributed by atoms with Crippen molar-refractivity contribution in [2.24, 2.45) is 0 Å². The fraction of sp³-hybridized carbons (Fsp3) is 0.0455. The van der Waals surface area contributed by atoms with Crippen LogP contribution in [0.25, 0.3) is 5.82 Å². The average molecular weight is 370 g/mol. The molecule has 1 N–H and O–H groups in total. The number of pyridine rings is 1. The Hall–Kier alpha value is -3.93. The first-order chi connectivity index (χ1) is 13.7. The van der Waals surface area contributed by atoms with Crippen LogP contribution >= 0.6 is 0 Å². The van der Waals surface area contributed by atoms with Crippen LogP contribution in [0.1, 0.15) is 15.9 Å². The molecule has 0 fully saturated rings. The third kappa shape index (κ3) is 4.07. The number of ether oxygens (including phenoxy) is 1. The van der Waals surface area contributed by atoms with Gasteiger partial charge in [0.2, 0.25) is 0 Å². The number of rotatable bonds is 5. The van der Waals surface area contributed by atoms with Crippen molar-refractivity contribution in [2.45, 2.75) is 6.92 Å². The van der Waals surface area contributed by atoms with E-state index in [4.69, 9.17) is 4.74 Å². The van der Waals surface area contributed by atoms with E-state index in [1.807, 2.05) is 43.3 Å². The highest BCUT2D eigenvalue weighted by Crippen LogP contribution is 2.23. The van der Waals surface area contributed by atoms with E-state index in [1.54, 1.807) is 53.8 Å². The normalized spacial score (nSPS) is 10.5. The SMILES string of the molecule is Cc1ccc(Oc2ccc(NC(=O)c3ccc(-n4ccnc4)nc3)cc2)cc1. The molecule has 6 nitrogen and oxygen atoms in total. The van der Waals surface area contributed by atoms with E-state index in [9.17, 15) is 4.79 Å².